The molecule has 2 heterocycles. The smallest absolute Gasteiger partial charge is 0.336 e. The van der Waals surface area contributed by atoms with E-state index in [4.69, 9.17) is 9.15 Å². The number of nitrogens with zero attached hydrogens (tertiary/aromatic N) is 2. The fourth-order valence-corrected chi connectivity index (χ4v) is 2.72. The molecule has 0 saturated carbocycles. The number of anilines is 1. The lowest BCUT2D eigenvalue weighted by Crippen LogP contribution is -2.20. The monoisotopic (exact) mass is 345 g/mol. The van der Waals surface area contributed by atoms with Crippen LogP contribution in [0.2, 0.25) is 0 Å². The second-order valence-corrected chi connectivity index (χ2v) is 6.40. The maximum atomic E-state index is 11.9. The number of carbonyl (C=O) groups excluding carboxylic acids is 1. The summed E-state index contributed by atoms with van der Waals surface area (Å²) in [4.78, 5) is 23.1. The van der Waals surface area contributed by atoms with E-state index in [0.717, 1.165) is 10.4 Å². The second-order valence-electron chi connectivity index (χ2n) is 5.39. The molecule has 7 nitrogen and oxygen atoms in total. The van der Waals surface area contributed by atoms with Gasteiger partial charge in [0.15, 0.2) is 6.61 Å². The van der Waals surface area contributed by atoms with Crippen molar-refractivity contribution in [3.8, 4) is 5.75 Å². The zero-order valence-electron chi connectivity index (χ0n) is 13.1. The fourth-order valence-electron chi connectivity index (χ4n) is 1.95. The molecule has 0 atom stereocenters. The number of hydrogen-bond donors (Lipinski definition) is 1. The van der Waals surface area contributed by atoms with Crippen molar-refractivity contribution in [2.45, 2.75) is 19.8 Å². The van der Waals surface area contributed by atoms with Gasteiger partial charge in [-0.05, 0) is 18.2 Å². The number of ether oxygens (including phenoxy) is 1. The normalized spacial score (nSPS) is 11.0. The molecule has 3 aromatic rings. The number of hydrogen-bond acceptors (Lipinski definition) is 7. The van der Waals surface area contributed by atoms with E-state index in [1.807, 2.05) is 13.8 Å². The van der Waals surface area contributed by atoms with E-state index < -0.39 is 5.63 Å². The van der Waals surface area contributed by atoms with E-state index in [0.29, 0.717) is 16.5 Å². The lowest BCUT2D eigenvalue weighted by molar-refractivity contribution is -0.118. The number of benzene rings is 1. The molecule has 2 aromatic heterocycles. The highest BCUT2D eigenvalue weighted by Crippen LogP contribution is 2.22. The molecule has 124 valence electrons. The first-order chi connectivity index (χ1) is 11.5. The Bertz CT molecular complexity index is 932. The van der Waals surface area contributed by atoms with Crippen LogP contribution in [0.25, 0.3) is 11.0 Å². The molecule has 1 amide bonds. The van der Waals surface area contributed by atoms with Crippen molar-refractivity contribution >= 4 is 33.3 Å². The standard InChI is InChI=1S/C16H15N3O4S/c1-9(2)15-18-19-16(24-15)17-13(20)8-22-11-5-3-10-4-6-14(21)23-12(10)7-11/h3-7,9H,8H2,1-2H3,(H,17,19,20). The van der Waals surface area contributed by atoms with Gasteiger partial charge < -0.3 is 9.15 Å². The third-order valence-electron chi connectivity index (χ3n) is 3.15. The van der Waals surface area contributed by atoms with Crippen LogP contribution in [0.15, 0.2) is 39.5 Å². The molecular formula is C16H15N3O4S. The van der Waals surface area contributed by atoms with Crippen molar-refractivity contribution in [3.63, 3.8) is 0 Å². The minimum Gasteiger partial charge on any atom is -0.484 e. The predicted molar refractivity (Wildman–Crippen MR) is 90.6 cm³/mol. The SMILES string of the molecule is CC(C)c1nnc(NC(=O)COc2ccc3ccc(=O)oc3c2)s1. The maximum absolute atomic E-state index is 11.9. The van der Waals surface area contributed by atoms with Crippen molar-refractivity contribution in [2.75, 3.05) is 11.9 Å². The van der Waals surface area contributed by atoms with Crippen molar-refractivity contribution < 1.29 is 13.9 Å². The summed E-state index contributed by atoms with van der Waals surface area (Å²) in [6.45, 7) is 3.83. The minimum atomic E-state index is -0.436. The topological polar surface area (TPSA) is 94.3 Å². The van der Waals surface area contributed by atoms with Crippen molar-refractivity contribution in [1.29, 1.82) is 0 Å². The molecule has 0 aliphatic heterocycles. The summed E-state index contributed by atoms with van der Waals surface area (Å²) in [6.07, 6.45) is 0. The Hall–Kier alpha value is -2.74. The molecule has 8 heteroatoms. The first-order valence-electron chi connectivity index (χ1n) is 7.31. The molecular weight excluding hydrogens is 330 g/mol. The molecule has 0 fully saturated rings. The van der Waals surface area contributed by atoms with Crippen LogP contribution in [-0.2, 0) is 4.79 Å². The number of carbonyl (C=O) groups is 1. The van der Waals surface area contributed by atoms with E-state index in [-0.39, 0.29) is 18.4 Å². The number of nitrogens with one attached hydrogen (secondary N) is 1. The van der Waals surface area contributed by atoms with E-state index in [2.05, 4.69) is 15.5 Å². The van der Waals surface area contributed by atoms with Crippen LogP contribution in [0.4, 0.5) is 5.13 Å². The summed E-state index contributed by atoms with van der Waals surface area (Å²) in [5.41, 5.74) is -0.0271. The lowest BCUT2D eigenvalue weighted by Gasteiger charge is -2.06. The van der Waals surface area contributed by atoms with Gasteiger partial charge in [-0.1, -0.05) is 25.2 Å². The van der Waals surface area contributed by atoms with E-state index in [9.17, 15) is 9.59 Å². The van der Waals surface area contributed by atoms with Crippen molar-refractivity contribution in [2.24, 2.45) is 0 Å². The summed E-state index contributed by atoms with van der Waals surface area (Å²) in [5, 5.41) is 12.6. The van der Waals surface area contributed by atoms with Gasteiger partial charge in [-0.2, -0.15) is 0 Å². The quantitative estimate of drug-likeness (QED) is 0.715. The van der Waals surface area contributed by atoms with E-state index in [1.54, 1.807) is 24.3 Å². The van der Waals surface area contributed by atoms with Gasteiger partial charge in [0.2, 0.25) is 5.13 Å². The van der Waals surface area contributed by atoms with Gasteiger partial charge in [-0.15, -0.1) is 10.2 Å². The number of fused-ring (bicyclic) bond motifs is 1. The van der Waals surface area contributed by atoms with Crippen LogP contribution in [0.1, 0.15) is 24.8 Å². The Balaban J connectivity index is 1.62. The molecule has 0 radical (unpaired) electrons. The first-order valence-corrected chi connectivity index (χ1v) is 8.13. The molecule has 0 saturated heterocycles. The van der Waals surface area contributed by atoms with Gasteiger partial charge >= 0.3 is 5.63 Å². The van der Waals surface area contributed by atoms with Crippen LogP contribution in [0.3, 0.4) is 0 Å². The zero-order chi connectivity index (χ0) is 17.1. The predicted octanol–water partition coefficient (Wildman–Crippen LogP) is 2.79. The molecule has 0 unspecified atom stereocenters. The molecule has 1 N–H and O–H groups in total. The van der Waals surface area contributed by atoms with Crippen LogP contribution >= 0.6 is 11.3 Å². The largest absolute Gasteiger partial charge is 0.484 e. The molecule has 0 bridgehead atoms. The van der Waals surface area contributed by atoms with Crippen LogP contribution < -0.4 is 15.7 Å². The number of rotatable bonds is 5. The van der Waals surface area contributed by atoms with E-state index >= 15 is 0 Å². The molecule has 0 spiro atoms. The average molecular weight is 345 g/mol. The summed E-state index contributed by atoms with van der Waals surface area (Å²) in [5.74, 6) is 0.361. The Morgan fingerprint density at radius 3 is 2.83 bits per heavy atom. The Labute approximate surface area is 141 Å². The van der Waals surface area contributed by atoms with Crippen LogP contribution in [0.5, 0.6) is 5.75 Å². The Morgan fingerprint density at radius 2 is 2.08 bits per heavy atom. The summed E-state index contributed by atoms with van der Waals surface area (Å²) < 4.78 is 10.5. The van der Waals surface area contributed by atoms with E-state index in [1.165, 1.54) is 17.4 Å². The molecule has 3 rings (SSSR count). The average Bonchev–Trinajstić information content (AvgIpc) is 3.01. The summed E-state index contributed by atoms with van der Waals surface area (Å²) in [6, 6.07) is 8.05. The molecule has 24 heavy (non-hydrogen) atoms. The highest BCUT2D eigenvalue weighted by Gasteiger charge is 2.11. The fraction of sp³-hybridized carbons (Fsp3) is 0.250. The molecule has 0 aliphatic carbocycles. The number of amides is 1. The van der Waals surface area contributed by atoms with Gasteiger partial charge in [0.25, 0.3) is 5.91 Å². The van der Waals surface area contributed by atoms with Gasteiger partial charge in [-0.25, -0.2) is 4.79 Å². The molecule has 0 aliphatic rings. The third-order valence-corrected chi connectivity index (χ3v) is 4.28. The summed E-state index contributed by atoms with van der Waals surface area (Å²) in [7, 11) is 0. The second kappa shape index (κ2) is 6.79. The first kappa shape index (κ1) is 16.1. The van der Waals surface area contributed by atoms with Gasteiger partial charge in [0, 0.05) is 23.4 Å². The Morgan fingerprint density at radius 1 is 1.29 bits per heavy atom. The van der Waals surface area contributed by atoms with Gasteiger partial charge in [0.05, 0.1) is 0 Å². The van der Waals surface area contributed by atoms with Crippen LogP contribution in [-0.4, -0.2) is 22.7 Å². The van der Waals surface area contributed by atoms with Crippen molar-refractivity contribution in [1.82, 2.24) is 10.2 Å². The highest BCUT2D eigenvalue weighted by molar-refractivity contribution is 7.15. The van der Waals surface area contributed by atoms with Gasteiger partial charge in [-0.3, -0.25) is 10.1 Å². The number of aromatic nitrogens is 2. The van der Waals surface area contributed by atoms with Crippen molar-refractivity contribution in [3.05, 3.63) is 45.8 Å². The maximum Gasteiger partial charge on any atom is 0.336 e. The zero-order valence-corrected chi connectivity index (χ0v) is 13.9. The Kier molecular flexibility index (Phi) is 4.57. The third kappa shape index (κ3) is 3.77. The highest BCUT2D eigenvalue weighted by atomic mass is 32.1. The summed E-state index contributed by atoms with van der Waals surface area (Å²) >= 11 is 1.33. The lowest BCUT2D eigenvalue weighted by atomic mass is 10.2. The van der Waals surface area contributed by atoms with Gasteiger partial charge in [0.1, 0.15) is 16.3 Å². The molecule has 1 aromatic carbocycles. The van der Waals surface area contributed by atoms with Crippen LogP contribution in [0, 0.1) is 0 Å². The minimum absolute atomic E-state index is 0.181.